The largest absolute Gasteiger partial charge is 0.489 e. The molecule has 3 aromatic rings. The van der Waals surface area contributed by atoms with Crippen LogP contribution in [0.1, 0.15) is 109 Å². The van der Waals surface area contributed by atoms with Crippen LogP contribution in [0.3, 0.4) is 0 Å². The molecular weight excluding hydrogens is 548 g/mol. The van der Waals surface area contributed by atoms with E-state index in [9.17, 15) is 9.59 Å². The molecule has 2 amide bonds. The summed E-state index contributed by atoms with van der Waals surface area (Å²) in [5, 5.41) is 0. The molecule has 4 heterocycles. The first-order valence-corrected chi connectivity index (χ1v) is 16.2. The normalized spacial score (nSPS) is 21.4. The molecule has 0 N–H and O–H groups in total. The Labute approximate surface area is 263 Å². The molecule has 0 aliphatic carbocycles. The number of hydrogen-bond donors (Lipinski definition) is 0. The number of carbonyl (C=O) groups excluding carboxylic acids is 2. The third kappa shape index (κ3) is 6.50. The summed E-state index contributed by atoms with van der Waals surface area (Å²) in [5.74, 6) is 3.74. The quantitative estimate of drug-likeness (QED) is 0.304. The molecule has 7 rings (SSSR count). The molecule has 0 bridgehead atoms. The van der Waals surface area contributed by atoms with Crippen LogP contribution in [-0.2, 0) is 9.59 Å². The minimum atomic E-state index is -0.153. The molecule has 234 valence electrons. The maximum Gasteiger partial charge on any atom is 0.227 e. The van der Waals surface area contributed by atoms with Crippen LogP contribution < -0.4 is 19.3 Å². The van der Waals surface area contributed by atoms with Crippen LogP contribution >= 0.6 is 0 Å². The number of ether oxygens (including phenoxy) is 2. The Hall–Kier alpha value is -3.80. The molecule has 0 aromatic heterocycles. The van der Waals surface area contributed by atoms with Gasteiger partial charge in [0.1, 0.15) is 24.7 Å². The molecule has 3 aromatic carbocycles. The zero-order valence-electron chi connectivity index (χ0n) is 27.4. The number of rotatable bonds is 3. The average molecular weight is 597 g/mol. The maximum absolute atomic E-state index is 12.1. The number of amides is 2. The Morgan fingerprint density at radius 1 is 0.705 bits per heavy atom. The molecule has 4 aliphatic rings. The van der Waals surface area contributed by atoms with Gasteiger partial charge in [0.25, 0.3) is 0 Å². The second kappa shape index (κ2) is 13.1. The van der Waals surface area contributed by atoms with E-state index in [1.807, 2.05) is 28.0 Å². The predicted octanol–water partition coefficient (Wildman–Crippen LogP) is 8.60. The van der Waals surface area contributed by atoms with Crippen LogP contribution in [0.2, 0.25) is 0 Å². The van der Waals surface area contributed by atoms with Crippen molar-refractivity contribution in [1.29, 1.82) is 0 Å². The first kappa shape index (κ1) is 31.6. The van der Waals surface area contributed by atoms with Gasteiger partial charge in [-0.05, 0) is 78.5 Å². The zero-order valence-corrected chi connectivity index (χ0v) is 27.4. The highest BCUT2D eigenvalue weighted by atomic mass is 16.5. The molecular formula is C38H48N2O4. The van der Waals surface area contributed by atoms with Crippen LogP contribution in [0.5, 0.6) is 11.5 Å². The van der Waals surface area contributed by atoms with E-state index in [2.05, 4.69) is 97.0 Å². The van der Waals surface area contributed by atoms with E-state index in [4.69, 9.17) is 9.47 Å². The fourth-order valence-corrected chi connectivity index (χ4v) is 6.35. The van der Waals surface area contributed by atoms with Gasteiger partial charge in [-0.25, -0.2) is 0 Å². The molecule has 2 fully saturated rings. The topological polar surface area (TPSA) is 59.1 Å². The molecule has 2 saturated heterocycles. The summed E-state index contributed by atoms with van der Waals surface area (Å²) in [6, 6.07) is 23.2. The lowest BCUT2D eigenvalue weighted by Crippen LogP contribution is -2.50. The molecule has 0 spiro atoms. The minimum Gasteiger partial charge on any atom is -0.489 e. The van der Waals surface area contributed by atoms with Gasteiger partial charge in [-0.2, -0.15) is 0 Å². The van der Waals surface area contributed by atoms with Crippen molar-refractivity contribution in [1.82, 2.24) is 0 Å². The number of benzene rings is 3. The van der Waals surface area contributed by atoms with Gasteiger partial charge in [0.2, 0.25) is 11.8 Å². The van der Waals surface area contributed by atoms with Crippen molar-refractivity contribution in [3.8, 4) is 11.5 Å². The lowest BCUT2D eigenvalue weighted by atomic mass is 9.96. The number of carbonyl (C=O) groups is 2. The van der Waals surface area contributed by atoms with E-state index in [-0.39, 0.29) is 23.4 Å². The fraction of sp³-hybridized carbons (Fsp3) is 0.474. The van der Waals surface area contributed by atoms with Crippen molar-refractivity contribution >= 4 is 23.2 Å². The van der Waals surface area contributed by atoms with Crippen molar-refractivity contribution < 1.29 is 19.1 Å². The minimum absolute atomic E-state index is 0.153. The molecule has 44 heavy (non-hydrogen) atoms. The molecule has 0 saturated carbocycles. The summed E-state index contributed by atoms with van der Waals surface area (Å²) >= 11 is 0. The monoisotopic (exact) mass is 596 g/mol. The van der Waals surface area contributed by atoms with Crippen molar-refractivity contribution in [3.63, 3.8) is 0 Å². The SMILES string of the molecule is CC(C)c1ccc2c(c1)N1C(=O)CC[C@@H]1CO2.CC(C)c1ccc2c(c1)N1C(=O)CC[C@@]1(C)CO2.CC(C)c1ccccc1. The summed E-state index contributed by atoms with van der Waals surface area (Å²) < 4.78 is 11.6. The Morgan fingerprint density at radius 2 is 1.30 bits per heavy atom. The smallest absolute Gasteiger partial charge is 0.227 e. The Balaban J connectivity index is 0.000000138. The zero-order chi connectivity index (χ0) is 31.6. The van der Waals surface area contributed by atoms with E-state index >= 15 is 0 Å². The van der Waals surface area contributed by atoms with Crippen molar-refractivity contribution in [2.45, 2.75) is 103 Å². The van der Waals surface area contributed by atoms with Crippen molar-refractivity contribution in [2.75, 3.05) is 23.0 Å². The first-order chi connectivity index (χ1) is 21.0. The Morgan fingerprint density at radius 3 is 1.89 bits per heavy atom. The highest BCUT2D eigenvalue weighted by molar-refractivity contribution is 5.99. The molecule has 4 aliphatic heterocycles. The average Bonchev–Trinajstić information content (AvgIpc) is 3.56. The van der Waals surface area contributed by atoms with Gasteiger partial charge < -0.3 is 14.4 Å². The van der Waals surface area contributed by atoms with Crippen LogP contribution in [0.4, 0.5) is 11.4 Å². The highest BCUT2D eigenvalue weighted by Gasteiger charge is 2.47. The van der Waals surface area contributed by atoms with Gasteiger partial charge in [0, 0.05) is 12.8 Å². The van der Waals surface area contributed by atoms with E-state index in [0.29, 0.717) is 43.8 Å². The highest BCUT2D eigenvalue weighted by Crippen LogP contribution is 2.45. The van der Waals surface area contributed by atoms with Gasteiger partial charge in [-0.1, -0.05) is 84.0 Å². The number of nitrogens with zero attached hydrogens (tertiary/aromatic N) is 2. The van der Waals surface area contributed by atoms with Gasteiger partial charge in [-0.3, -0.25) is 14.5 Å². The lowest BCUT2D eigenvalue weighted by Gasteiger charge is -2.40. The van der Waals surface area contributed by atoms with E-state index in [1.165, 1.54) is 16.7 Å². The molecule has 6 heteroatoms. The summed E-state index contributed by atoms with van der Waals surface area (Å²) in [7, 11) is 0. The Bertz CT molecular complexity index is 1480. The first-order valence-electron chi connectivity index (χ1n) is 16.2. The standard InChI is InChI=1S/C15H19NO2.C14H17NO2.C9H12/c1-10(2)11-4-5-13-12(8-11)16-14(17)6-7-15(16,3)9-18-13;1-9(2)10-3-5-13-12(7-10)15-11(8-17-13)4-6-14(15)16;1-8(2)9-6-4-3-5-7-9/h4-5,8,10H,6-7,9H2,1-3H3;3,5,7,9,11H,4,6,8H2,1-2H3;3-8H,1-2H3/t15-;11-;/m01./s1. The van der Waals surface area contributed by atoms with E-state index in [1.54, 1.807) is 0 Å². The van der Waals surface area contributed by atoms with Gasteiger partial charge >= 0.3 is 0 Å². The molecule has 0 radical (unpaired) electrons. The fourth-order valence-electron chi connectivity index (χ4n) is 6.35. The van der Waals surface area contributed by atoms with Gasteiger partial charge in [-0.15, -0.1) is 0 Å². The second-order valence-electron chi connectivity index (χ2n) is 13.6. The summed E-state index contributed by atoms with van der Waals surface area (Å²) in [6.45, 7) is 16.4. The number of hydrogen-bond acceptors (Lipinski definition) is 4. The third-order valence-electron chi connectivity index (χ3n) is 9.23. The third-order valence-corrected chi connectivity index (χ3v) is 9.23. The summed E-state index contributed by atoms with van der Waals surface area (Å²) in [6.07, 6.45) is 3.09. The van der Waals surface area contributed by atoms with Crippen molar-refractivity contribution in [2.24, 2.45) is 0 Å². The van der Waals surface area contributed by atoms with Crippen LogP contribution in [0, 0.1) is 0 Å². The van der Waals surface area contributed by atoms with Crippen LogP contribution in [0.25, 0.3) is 0 Å². The van der Waals surface area contributed by atoms with Gasteiger partial charge in [0.15, 0.2) is 0 Å². The van der Waals surface area contributed by atoms with Crippen LogP contribution in [-0.4, -0.2) is 36.6 Å². The number of anilines is 2. The summed E-state index contributed by atoms with van der Waals surface area (Å²) in [5.41, 5.74) is 5.69. The maximum atomic E-state index is 12.1. The lowest BCUT2D eigenvalue weighted by molar-refractivity contribution is -0.118. The van der Waals surface area contributed by atoms with E-state index < -0.39 is 0 Å². The second-order valence-corrected chi connectivity index (χ2v) is 13.6. The summed E-state index contributed by atoms with van der Waals surface area (Å²) in [4.78, 5) is 27.9. The predicted molar refractivity (Wildman–Crippen MR) is 178 cm³/mol. The van der Waals surface area contributed by atoms with Crippen molar-refractivity contribution in [3.05, 3.63) is 83.4 Å². The van der Waals surface area contributed by atoms with Crippen LogP contribution in [0.15, 0.2) is 66.7 Å². The molecule has 2 atom stereocenters. The molecule has 0 unspecified atom stereocenters. The Kier molecular flexibility index (Phi) is 9.38. The molecule has 6 nitrogen and oxygen atoms in total. The number of fused-ring (bicyclic) bond motifs is 6. The van der Waals surface area contributed by atoms with Gasteiger partial charge in [0.05, 0.1) is 23.0 Å². The van der Waals surface area contributed by atoms with E-state index in [0.717, 1.165) is 35.7 Å².